The molecule has 0 aliphatic carbocycles. The molecule has 6 nitrogen and oxygen atoms in total. The van der Waals surface area contributed by atoms with Gasteiger partial charge in [0.1, 0.15) is 6.73 Å². The molecule has 0 heterocycles. The Morgan fingerprint density at radius 3 is 2.22 bits per heavy atom. The molecule has 0 fully saturated rings. The molecule has 0 saturated carbocycles. The van der Waals surface area contributed by atoms with Crippen molar-refractivity contribution in [2.75, 3.05) is 27.1 Å². The zero-order valence-electron chi connectivity index (χ0n) is 14.9. The third-order valence-electron chi connectivity index (χ3n) is 2.95. The molecular formula is C15H29N3O3SiV. The molecule has 1 radical (unpaired) electrons. The Bertz CT molecular complexity index is 418. The molecule has 8 heteroatoms. The Balaban J connectivity index is -0.00000133. The van der Waals surface area contributed by atoms with Crippen molar-refractivity contribution in [1.82, 2.24) is 10.9 Å². The standard InChI is InChI=1S/C13H23N3O3Si.2CH3.V/c1-12(13-8-6-5-7-9-13)15-16-19-10-14-11-20(4,17-2)18-3;;;/h5-9,14,16H,10-11H2,1-4H3;2*1H3;/q;2*-1;+2/b15-12+;;;. The number of rotatable bonds is 9. The van der Waals surface area contributed by atoms with Gasteiger partial charge in [0.25, 0.3) is 0 Å². The van der Waals surface area contributed by atoms with Crippen molar-refractivity contribution < 1.29 is 32.2 Å². The smallest absolute Gasteiger partial charge is 0.397 e. The zero-order chi connectivity index (χ0) is 14.8. The van der Waals surface area contributed by atoms with Gasteiger partial charge in [-0.15, -0.1) is 0 Å². The molecule has 1 aromatic rings. The Labute approximate surface area is 154 Å². The van der Waals surface area contributed by atoms with E-state index in [-0.39, 0.29) is 33.4 Å². The summed E-state index contributed by atoms with van der Waals surface area (Å²) < 4.78 is 10.7. The van der Waals surface area contributed by atoms with Crippen LogP contribution in [-0.4, -0.2) is 41.4 Å². The van der Waals surface area contributed by atoms with Gasteiger partial charge in [-0.1, -0.05) is 30.3 Å². The van der Waals surface area contributed by atoms with Crippen LogP contribution in [0.1, 0.15) is 12.5 Å². The normalized spacial score (nSPS) is 10.9. The monoisotopic (exact) mass is 378 g/mol. The summed E-state index contributed by atoms with van der Waals surface area (Å²) in [7, 11) is 1.23. The number of benzene rings is 1. The van der Waals surface area contributed by atoms with Crippen molar-refractivity contribution in [3.8, 4) is 0 Å². The predicted octanol–water partition coefficient (Wildman–Crippen LogP) is 2.28. The molecule has 0 aliphatic rings. The second-order valence-electron chi connectivity index (χ2n) is 4.41. The molecular weight excluding hydrogens is 349 g/mol. The van der Waals surface area contributed by atoms with Gasteiger partial charge in [0, 0.05) is 20.4 Å². The van der Waals surface area contributed by atoms with Crippen LogP contribution in [0.5, 0.6) is 0 Å². The van der Waals surface area contributed by atoms with E-state index in [1.807, 2.05) is 43.8 Å². The SMILES string of the molecule is CO[Si](C)(CNCON/N=C(\C)c1ccccc1)OC.[CH3-].[CH3-].[V+2]. The van der Waals surface area contributed by atoms with Crippen molar-refractivity contribution in [3.05, 3.63) is 50.7 Å². The maximum absolute atomic E-state index is 5.34. The van der Waals surface area contributed by atoms with Crippen LogP contribution in [0.25, 0.3) is 0 Å². The minimum atomic E-state index is -2.09. The molecule has 2 N–H and O–H groups in total. The number of nitrogens with one attached hydrogen (secondary N) is 2. The topological polar surface area (TPSA) is 64.1 Å². The van der Waals surface area contributed by atoms with E-state index in [4.69, 9.17) is 13.7 Å². The van der Waals surface area contributed by atoms with Crippen molar-refractivity contribution in [1.29, 1.82) is 0 Å². The van der Waals surface area contributed by atoms with Gasteiger partial charge in [0.15, 0.2) is 0 Å². The van der Waals surface area contributed by atoms with Crippen LogP contribution in [0.15, 0.2) is 35.4 Å². The molecule has 1 aromatic carbocycles. The minimum Gasteiger partial charge on any atom is -0.397 e. The predicted molar refractivity (Wildman–Crippen MR) is 94.2 cm³/mol. The Morgan fingerprint density at radius 1 is 1.13 bits per heavy atom. The second-order valence-corrected chi connectivity index (χ2v) is 7.85. The number of hydrogen-bond donors (Lipinski definition) is 2. The van der Waals surface area contributed by atoms with Crippen molar-refractivity contribution in [2.45, 2.75) is 13.5 Å². The van der Waals surface area contributed by atoms with Crippen molar-refractivity contribution in [3.63, 3.8) is 0 Å². The van der Waals surface area contributed by atoms with E-state index >= 15 is 0 Å². The van der Waals surface area contributed by atoms with Gasteiger partial charge in [-0.2, -0.15) is 10.7 Å². The molecule has 0 spiro atoms. The summed E-state index contributed by atoms with van der Waals surface area (Å²) in [4.78, 5) is 5.17. The van der Waals surface area contributed by atoms with Crippen LogP contribution in [-0.2, 0) is 32.2 Å². The summed E-state index contributed by atoms with van der Waals surface area (Å²) in [5.74, 6) is 0. The molecule has 0 saturated heterocycles. The van der Waals surface area contributed by atoms with Gasteiger partial charge in [0.2, 0.25) is 0 Å². The molecule has 23 heavy (non-hydrogen) atoms. The van der Waals surface area contributed by atoms with Gasteiger partial charge in [0.05, 0.1) is 5.71 Å². The summed E-state index contributed by atoms with van der Waals surface area (Å²) in [6, 6.07) is 9.90. The van der Waals surface area contributed by atoms with E-state index in [0.717, 1.165) is 11.3 Å². The van der Waals surface area contributed by atoms with Gasteiger partial charge < -0.3 is 23.7 Å². The maximum atomic E-state index is 5.34. The van der Waals surface area contributed by atoms with E-state index in [1.165, 1.54) is 0 Å². The fourth-order valence-electron chi connectivity index (χ4n) is 1.43. The molecule has 0 unspecified atom stereocenters. The molecule has 131 valence electrons. The minimum absolute atomic E-state index is 0. The van der Waals surface area contributed by atoms with Crippen molar-refractivity contribution >= 4 is 14.3 Å². The Hall–Kier alpha value is -0.669. The van der Waals surface area contributed by atoms with Gasteiger partial charge in [-0.25, -0.2) is 4.84 Å². The molecule has 0 atom stereocenters. The first kappa shape index (κ1) is 27.2. The van der Waals surface area contributed by atoms with Gasteiger partial charge in [-0.3, -0.25) is 5.32 Å². The van der Waals surface area contributed by atoms with E-state index < -0.39 is 8.56 Å². The summed E-state index contributed by atoms with van der Waals surface area (Å²) in [5, 5.41) is 7.22. The van der Waals surface area contributed by atoms with Crippen LogP contribution >= 0.6 is 0 Å². The summed E-state index contributed by atoms with van der Waals surface area (Å²) >= 11 is 0. The number of hydrazone groups is 1. The van der Waals surface area contributed by atoms with E-state index in [1.54, 1.807) is 14.2 Å². The van der Waals surface area contributed by atoms with Gasteiger partial charge >= 0.3 is 27.1 Å². The first-order valence-corrected chi connectivity index (χ1v) is 8.91. The first-order valence-electron chi connectivity index (χ1n) is 6.39. The van der Waals surface area contributed by atoms with E-state index in [0.29, 0.717) is 12.9 Å². The molecule has 0 aliphatic heterocycles. The zero-order valence-corrected chi connectivity index (χ0v) is 17.3. The summed E-state index contributed by atoms with van der Waals surface area (Å²) in [6.07, 6.45) is 0.642. The van der Waals surface area contributed by atoms with Crippen LogP contribution in [0.3, 0.4) is 0 Å². The fraction of sp³-hybridized carbons (Fsp3) is 0.400. The Kier molecular flexibility index (Phi) is 17.6. The molecule has 0 amide bonds. The maximum Gasteiger partial charge on any atom is 2.00 e. The van der Waals surface area contributed by atoms with Crippen LogP contribution < -0.4 is 10.9 Å². The van der Waals surface area contributed by atoms with Crippen LogP contribution in [0, 0.1) is 14.9 Å². The third-order valence-corrected chi connectivity index (χ3v) is 5.57. The summed E-state index contributed by atoms with van der Waals surface area (Å²) in [6.45, 7) is 4.21. The average molecular weight is 378 g/mol. The van der Waals surface area contributed by atoms with Crippen LogP contribution in [0.2, 0.25) is 6.55 Å². The van der Waals surface area contributed by atoms with E-state index in [9.17, 15) is 0 Å². The summed E-state index contributed by atoms with van der Waals surface area (Å²) in [5.41, 5.74) is 4.48. The Morgan fingerprint density at radius 2 is 1.70 bits per heavy atom. The quantitative estimate of drug-likeness (QED) is 0.172. The number of hydrogen-bond acceptors (Lipinski definition) is 6. The average Bonchev–Trinajstić information content (AvgIpc) is 2.51. The third kappa shape index (κ3) is 10.7. The first-order chi connectivity index (χ1) is 9.61. The van der Waals surface area contributed by atoms with Gasteiger partial charge in [-0.05, 0) is 19.0 Å². The second kappa shape index (κ2) is 14.9. The van der Waals surface area contributed by atoms with Crippen molar-refractivity contribution in [2.24, 2.45) is 5.10 Å². The molecule has 1 rings (SSSR count). The molecule has 0 bridgehead atoms. The fourth-order valence-corrected chi connectivity index (χ4v) is 2.45. The number of nitrogens with zero attached hydrogens (tertiary/aromatic N) is 1. The largest absolute Gasteiger partial charge is 2.00 e. The molecule has 0 aromatic heterocycles. The van der Waals surface area contributed by atoms with Crippen LogP contribution in [0.4, 0.5) is 0 Å². The van der Waals surface area contributed by atoms with E-state index in [2.05, 4.69) is 16.0 Å².